The van der Waals surface area contributed by atoms with Gasteiger partial charge in [-0.1, -0.05) is 18.2 Å². The van der Waals surface area contributed by atoms with Crippen molar-refractivity contribution in [3.63, 3.8) is 0 Å². The van der Waals surface area contributed by atoms with E-state index in [2.05, 4.69) is 15.5 Å². The third kappa shape index (κ3) is 8.82. The number of hydrogen-bond acceptors (Lipinski definition) is 5. The molecule has 3 rings (SSSR count). The number of aliphatic hydroxyl groups is 1. The fourth-order valence-electron chi connectivity index (χ4n) is 3.73. The van der Waals surface area contributed by atoms with Crippen molar-refractivity contribution in [1.29, 1.82) is 0 Å². The molecule has 2 aromatic carbocycles. The van der Waals surface area contributed by atoms with Crippen LogP contribution in [0.5, 0.6) is 0 Å². The summed E-state index contributed by atoms with van der Waals surface area (Å²) in [5, 5.41) is 21.8. The smallest absolute Gasteiger partial charge is 0.475 e. The number of carboxylic acids is 1. The molecule has 0 aliphatic carbocycles. The van der Waals surface area contributed by atoms with Crippen molar-refractivity contribution < 1.29 is 64.1 Å². The Bertz CT molecular complexity index is 1230. The Kier molecular flexibility index (Phi) is 11.0. The van der Waals surface area contributed by atoms with Crippen LogP contribution in [0.2, 0.25) is 0 Å². The van der Waals surface area contributed by atoms with Crippen LogP contribution in [-0.2, 0) is 10.4 Å². The fourth-order valence-corrected chi connectivity index (χ4v) is 3.73. The summed E-state index contributed by atoms with van der Waals surface area (Å²) in [6, 6.07) is 8.17. The number of halogens is 9. The van der Waals surface area contributed by atoms with Crippen LogP contribution in [0, 0.1) is 0 Å². The average Bonchev–Trinajstić information content (AvgIpc) is 3.40. The number of hydrogen-bond donors (Lipinski definition) is 4. The number of anilines is 1. The Labute approximate surface area is 232 Å². The molecule has 0 bridgehead atoms. The van der Waals surface area contributed by atoms with Crippen LogP contribution < -0.4 is 10.6 Å². The normalized spacial score (nSPS) is 14.5. The van der Waals surface area contributed by atoms with E-state index in [1.54, 1.807) is 0 Å². The number of carbonyl (C=O) groups is 3. The highest BCUT2D eigenvalue weighted by Crippen LogP contribution is 2.49. The van der Waals surface area contributed by atoms with E-state index in [0.29, 0.717) is 18.7 Å². The SMILES string of the molecule is O=C(NCCN1CCCC1)c1cccc(NC(=O)c2ccc(C(O)(C(F)(F)F)C(F)(F)F)cc2)c1.O=C(O)C(F)(F)F. The molecule has 42 heavy (non-hydrogen) atoms. The van der Waals surface area contributed by atoms with Crippen molar-refractivity contribution in [1.82, 2.24) is 10.2 Å². The van der Waals surface area contributed by atoms with Crippen molar-refractivity contribution in [3.8, 4) is 0 Å². The summed E-state index contributed by atoms with van der Waals surface area (Å²) in [4.78, 5) is 35.9. The summed E-state index contributed by atoms with van der Waals surface area (Å²) < 4.78 is 110. The maximum absolute atomic E-state index is 13.0. The molecular weight excluding hydrogens is 593 g/mol. The first-order valence-corrected chi connectivity index (χ1v) is 12.0. The minimum atomic E-state index is -6.02. The van der Waals surface area contributed by atoms with Crippen LogP contribution in [-0.4, -0.2) is 77.6 Å². The molecule has 0 unspecified atom stereocenters. The van der Waals surface area contributed by atoms with E-state index in [-0.39, 0.29) is 22.7 Å². The molecule has 2 amide bonds. The van der Waals surface area contributed by atoms with Gasteiger partial charge in [0, 0.05) is 35.5 Å². The number of carbonyl (C=O) groups excluding carboxylic acids is 2. The lowest BCUT2D eigenvalue weighted by Gasteiger charge is -2.32. The van der Waals surface area contributed by atoms with Gasteiger partial charge >= 0.3 is 24.5 Å². The monoisotopic (exact) mass is 617 g/mol. The largest absolute Gasteiger partial charge is 0.490 e. The molecule has 0 spiro atoms. The third-order valence-electron chi connectivity index (χ3n) is 5.92. The van der Waals surface area contributed by atoms with Crippen molar-refractivity contribution in [2.45, 2.75) is 37.0 Å². The summed E-state index contributed by atoms with van der Waals surface area (Å²) >= 11 is 0. The quantitative estimate of drug-likeness (QED) is 0.335. The van der Waals surface area contributed by atoms with E-state index in [1.165, 1.54) is 24.3 Å². The molecule has 8 nitrogen and oxygen atoms in total. The first-order valence-electron chi connectivity index (χ1n) is 12.0. The number of alkyl halides is 9. The van der Waals surface area contributed by atoms with Crippen LogP contribution >= 0.6 is 0 Å². The molecule has 1 saturated heterocycles. The molecule has 1 aliphatic rings. The van der Waals surface area contributed by atoms with Gasteiger partial charge in [-0.25, -0.2) is 4.79 Å². The number of aliphatic carboxylic acids is 1. The first kappa shape index (κ1) is 34.3. The number of nitrogens with zero attached hydrogens (tertiary/aromatic N) is 1. The van der Waals surface area contributed by atoms with Crippen LogP contribution in [0.3, 0.4) is 0 Å². The zero-order chi connectivity index (χ0) is 31.9. The number of amides is 2. The van der Waals surface area contributed by atoms with Crippen LogP contribution in [0.4, 0.5) is 45.2 Å². The summed E-state index contributed by atoms with van der Waals surface area (Å²) in [6.07, 6.45) is -14.9. The molecule has 0 aromatic heterocycles. The van der Waals surface area contributed by atoms with E-state index in [4.69, 9.17) is 9.90 Å². The molecule has 17 heteroatoms. The predicted molar refractivity (Wildman–Crippen MR) is 129 cm³/mol. The summed E-state index contributed by atoms with van der Waals surface area (Å²) in [5.74, 6) is -3.94. The Morgan fingerprint density at radius 1 is 0.786 bits per heavy atom. The van der Waals surface area contributed by atoms with Gasteiger partial charge in [-0.05, 0) is 56.3 Å². The average molecular weight is 617 g/mol. The molecular formula is C25H24F9N3O5. The van der Waals surface area contributed by atoms with E-state index in [0.717, 1.165) is 44.6 Å². The van der Waals surface area contributed by atoms with E-state index < -0.39 is 41.6 Å². The lowest BCUT2D eigenvalue weighted by molar-refractivity contribution is -0.376. The highest BCUT2D eigenvalue weighted by atomic mass is 19.4. The van der Waals surface area contributed by atoms with Crippen LogP contribution in [0.15, 0.2) is 48.5 Å². The van der Waals surface area contributed by atoms with Crippen molar-refractivity contribution in [2.75, 3.05) is 31.5 Å². The van der Waals surface area contributed by atoms with E-state index in [9.17, 15) is 54.2 Å². The third-order valence-corrected chi connectivity index (χ3v) is 5.92. The molecule has 1 aliphatic heterocycles. The zero-order valence-electron chi connectivity index (χ0n) is 21.3. The molecule has 4 N–H and O–H groups in total. The summed E-state index contributed by atoms with van der Waals surface area (Å²) in [5.41, 5.74) is -6.33. The second-order valence-corrected chi connectivity index (χ2v) is 8.93. The van der Waals surface area contributed by atoms with Gasteiger partial charge in [0.25, 0.3) is 17.4 Å². The number of carboxylic acid groups (broad SMARTS) is 1. The predicted octanol–water partition coefficient (Wildman–Crippen LogP) is 4.71. The lowest BCUT2D eigenvalue weighted by Crippen LogP contribution is -2.53. The Balaban J connectivity index is 0.000000782. The van der Waals surface area contributed by atoms with Gasteiger partial charge in [0.05, 0.1) is 0 Å². The maximum atomic E-state index is 13.0. The Morgan fingerprint density at radius 3 is 1.79 bits per heavy atom. The van der Waals surface area contributed by atoms with Gasteiger partial charge in [0.1, 0.15) is 0 Å². The highest BCUT2D eigenvalue weighted by molar-refractivity contribution is 6.05. The molecule has 1 fully saturated rings. The fraction of sp³-hybridized carbons (Fsp3) is 0.400. The summed E-state index contributed by atoms with van der Waals surface area (Å²) in [6.45, 7) is 3.15. The van der Waals surface area contributed by atoms with Gasteiger partial charge in [0.15, 0.2) is 0 Å². The number of nitrogens with one attached hydrogen (secondary N) is 2. The van der Waals surface area contributed by atoms with Gasteiger partial charge in [-0.2, -0.15) is 39.5 Å². The van der Waals surface area contributed by atoms with Crippen molar-refractivity contribution in [3.05, 3.63) is 65.2 Å². The van der Waals surface area contributed by atoms with Gasteiger partial charge < -0.3 is 25.7 Å². The zero-order valence-corrected chi connectivity index (χ0v) is 21.3. The standard InChI is InChI=1S/C23H23F6N3O3.C2HF3O2/c24-22(25,26)21(35,23(27,28)29)17-8-6-15(7-9-17)20(34)31-18-5-3-4-16(14-18)19(33)30-10-13-32-11-1-2-12-32;3-2(4,5)1(6)7/h3-9,14,35H,1-2,10-13H2,(H,30,33)(H,31,34);(H,6,7). The minimum absolute atomic E-state index is 0.202. The van der Waals surface area contributed by atoms with Gasteiger partial charge in [0.2, 0.25) is 0 Å². The van der Waals surface area contributed by atoms with Crippen molar-refractivity contribution >= 4 is 23.5 Å². The molecule has 2 aromatic rings. The summed E-state index contributed by atoms with van der Waals surface area (Å²) in [7, 11) is 0. The molecule has 0 atom stereocenters. The van der Waals surface area contributed by atoms with Gasteiger partial charge in [-0.3, -0.25) is 9.59 Å². The molecule has 1 heterocycles. The maximum Gasteiger partial charge on any atom is 0.490 e. The molecule has 0 saturated carbocycles. The van der Waals surface area contributed by atoms with Crippen LogP contribution in [0.1, 0.15) is 39.1 Å². The molecule has 232 valence electrons. The Morgan fingerprint density at radius 2 is 1.31 bits per heavy atom. The number of benzene rings is 2. The second-order valence-electron chi connectivity index (χ2n) is 8.93. The number of likely N-dealkylation sites (tertiary alicyclic amines) is 1. The van der Waals surface area contributed by atoms with Crippen molar-refractivity contribution in [2.24, 2.45) is 0 Å². The highest BCUT2D eigenvalue weighted by Gasteiger charge is 2.71. The first-order chi connectivity index (χ1) is 19.3. The van der Waals surface area contributed by atoms with E-state index in [1.807, 2.05) is 0 Å². The molecule has 0 radical (unpaired) electrons. The van der Waals surface area contributed by atoms with Crippen LogP contribution in [0.25, 0.3) is 0 Å². The minimum Gasteiger partial charge on any atom is -0.475 e. The topological polar surface area (TPSA) is 119 Å². The lowest BCUT2D eigenvalue weighted by atomic mass is 9.91. The number of rotatable bonds is 7. The van der Waals surface area contributed by atoms with E-state index >= 15 is 0 Å². The second kappa shape index (κ2) is 13.4. The van der Waals surface area contributed by atoms with Gasteiger partial charge in [-0.15, -0.1) is 0 Å². The Hall–Kier alpha value is -3.86.